The predicted molar refractivity (Wildman–Crippen MR) is 69.7 cm³/mol. The van der Waals surface area contributed by atoms with Crippen LogP contribution in [0.4, 0.5) is 4.39 Å². The van der Waals surface area contributed by atoms with Gasteiger partial charge >= 0.3 is 0 Å². The minimum atomic E-state index is -3.50. The van der Waals surface area contributed by atoms with Crippen molar-refractivity contribution in [2.45, 2.75) is 36.2 Å². The fourth-order valence-electron chi connectivity index (χ4n) is 2.88. The van der Waals surface area contributed by atoms with Crippen LogP contribution in [0.2, 0.25) is 0 Å². The van der Waals surface area contributed by atoms with Gasteiger partial charge in [0.05, 0.1) is 4.90 Å². The average Bonchev–Trinajstić information content (AvgIpc) is 2.69. The number of hydrogen-bond donors (Lipinski definition) is 1. The van der Waals surface area contributed by atoms with E-state index >= 15 is 0 Å². The first kappa shape index (κ1) is 13.0. The molecule has 2 aliphatic heterocycles. The lowest BCUT2D eigenvalue weighted by Crippen LogP contribution is -2.39. The molecule has 0 saturated carbocycles. The Morgan fingerprint density at radius 2 is 1.79 bits per heavy atom. The van der Waals surface area contributed by atoms with E-state index < -0.39 is 15.8 Å². The molecule has 4 nitrogen and oxygen atoms in total. The Morgan fingerprint density at radius 1 is 1.11 bits per heavy atom. The van der Waals surface area contributed by atoms with Crippen molar-refractivity contribution < 1.29 is 12.8 Å². The van der Waals surface area contributed by atoms with Crippen molar-refractivity contribution in [2.24, 2.45) is 0 Å². The Hall–Kier alpha value is -0.980. The third-order valence-electron chi connectivity index (χ3n) is 3.94. The minimum Gasteiger partial charge on any atom is -0.310 e. The monoisotopic (exact) mass is 284 g/mol. The zero-order valence-corrected chi connectivity index (χ0v) is 11.4. The van der Waals surface area contributed by atoms with Crippen molar-refractivity contribution in [3.63, 3.8) is 0 Å². The Labute approximate surface area is 112 Å². The third-order valence-corrected chi connectivity index (χ3v) is 5.82. The van der Waals surface area contributed by atoms with Gasteiger partial charge in [-0.05, 0) is 43.5 Å². The molecular formula is C13H17FN2O2S. The fourth-order valence-corrected chi connectivity index (χ4v) is 4.39. The van der Waals surface area contributed by atoms with E-state index in [2.05, 4.69) is 5.32 Å². The first-order valence-electron chi connectivity index (χ1n) is 6.57. The molecule has 2 aliphatic rings. The number of fused-ring (bicyclic) bond motifs is 2. The number of sulfonamides is 1. The van der Waals surface area contributed by atoms with Crippen LogP contribution in [0.3, 0.4) is 0 Å². The predicted octanol–water partition coefficient (Wildman–Crippen LogP) is 1.34. The molecule has 0 spiro atoms. The third kappa shape index (κ3) is 2.52. The van der Waals surface area contributed by atoms with Gasteiger partial charge in [0.25, 0.3) is 0 Å². The number of benzene rings is 1. The van der Waals surface area contributed by atoms with Gasteiger partial charge in [-0.2, -0.15) is 4.31 Å². The number of nitrogens with zero attached hydrogens (tertiary/aromatic N) is 1. The van der Waals surface area contributed by atoms with Crippen molar-refractivity contribution in [3.05, 3.63) is 30.1 Å². The Bertz CT molecular complexity index is 559. The highest BCUT2D eigenvalue weighted by molar-refractivity contribution is 7.89. The maximum atomic E-state index is 12.9. The van der Waals surface area contributed by atoms with Crippen LogP contribution in [-0.2, 0) is 10.0 Å². The highest BCUT2D eigenvalue weighted by atomic mass is 32.2. The lowest BCUT2D eigenvalue weighted by molar-refractivity contribution is 0.383. The van der Waals surface area contributed by atoms with Gasteiger partial charge in [-0.3, -0.25) is 0 Å². The molecule has 2 heterocycles. The van der Waals surface area contributed by atoms with Gasteiger partial charge in [0, 0.05) is 25.2 Å². The lowest BCUT2D eigenvalue weighted by Gasteiger charge is -2.23. The van der Waals surface area contributed by atoms with E-state index in [1.165, 1.54) is 28.6 Å². The van der Waals surface area contributed by atoms with Gasteiger partial charge < -0.3 is 5.32 Å². The molecule has 0 radical (unpaired) electrons. The SMILES string of the molecule is O=S(=O)(c1ccc(F)cc1)N1CCC2CCC(C1)N2. The van der Waals surface area contributed by atoms with Gasteiger partial charge in [-0.15, -0.1) is 0 Å². The van der Waals surface area contributed by atoms with Gasteiger partial charge in [-0.1, -0.05) is 0 Å². The summed E-state index contributed by atoms with van der Waals surface area (Å²) in [5, 5.41) is 3.45. The van der Waals surface area contributed by atoms with Crippen LogP contribution in [-0.4, -0.2) is 37.9 Å². The summed E-state index contributed by atoms with van der Waals surface area (Å²) < 4.78 is 39.4. The molecule has 2 unspecified atom stereocenters. The minimum absolute atomic E-state index is 0.173. The highest BCUT2D eigenvalue weighted by Gasteiger charge is 2.34. The fraction of sp³-hybridized carbons (Fsp3) is 0.538. The Balaban J connectivity index is 1.85. The summed E-state index contributed by atoms with van der Waals surface area (Å²) in [6.45, 7) is 1.05. The number of hydrogen-bond acceptors (Lipinski definition) is 3. The molecule has 0 aliphatic carbocycles. The van der Waals surface area contributed by atoms with Crippen LogP contribution in [0.25, 0.3) is 0 Å². The van der Waals surface area contributed by atoms with Crippen LogP contribution in [0.15, 0.2) is 29.2 Å². The number of nitrogens with one attached hydrogen (secondary N) is 1. The Kier molecular flexibility index (Phi) is 3.32. The molecule has 6 heteroatoms. The normalized spacial score (nSPS) is 28.3. The standard InChI is InChI=1S/C13H17FN2O2S/c14-10-1-5-13(6-2-10)19(17,18)16-8-7-11-3-4-12(9-16)15-11/h1-2,5-6,11-12,15H,3-4,7-9H2. The van der Waals surface area contributed by atoms with Crippen LogP contribution in [0.1, 0.15) is 19.3 Å². The highest BCUT2D eigenvalue weighted by Crippen LogP contribution is 2.25. The van der Waals surface area contributed by atoms with E-state index in [9.17, 15) is 12.8 Å². The number of rotatable bonds is 2. The topological polar surface area (TPSA) is 49.4 Å². The van der Waals surface area contributed by atoms with E-state index in [1.807, 2.05) is 0 Å². The first-order chi connectivity index (χ1) is 9.05. The summed E-state index contributed by atoms with van der Waals surface area (Å²) in [4.78, 5) is 0.173. The molecular weight excluding hydrogens is 267 g/mol. The second-order valence-corrected chi connectivity index (χ2v) is 7.18. The molecule has 2 saturated heterocycles. The molecule has 2 bridgehead atoms. The molecule has 0 amide bonds. The van der Waals surface area contributed by atoms with Gasteiger partial charge in [0.15, 0.2) is 0 Å². The summed E-state index contributed by atoms with van der Waals surface area (Å²) in [5.74, 6) is -0.421. The molecule has 1 N–H and O–H groups in total. The lowest BCUT2D eigenvalue weighted by atomic mass is 10.1. The second-order valence-electron chi connectivity index (χ2n) is 5.24. The molecule has 3 rings (SSSR count). The van der Waals surface area contributed by atoms with Crippen LogP contribution >= 0.6 is 0 Å². The van der Waals surface area contributed by atoms with Crippen molar-refractivity contribution in [1.29, 1.82) is 0 Å². The van der Waals surface area contributed by atoms with Gasteiger partial charge in [0.2, 0.25) is 10.0 Å². The van der Waals surface area contributed by atoms with Gasteiger partial charge in [-0.25, -0.2) is 12.8 Å². The van der Waals surface area contributed by atoms with E-state index in [-0.39, 0.29) is 10.9 Å². The number of halogens is 1. The van der Waals surface area contributed by atoms with Crippen molar-refractivity contribution in [1.82, 2.24) is 9.62 Å². The molecule has 2 fully saturated rings. The van der Waals surface area contributed by atoms with E-state index in [0.717, 1.165) is 19.3 Å². The zero-order valence-electron chi connectivity index (χ0n) is 10.5. The molecule has 1 aromatic carbocycles. The van der Waals surface area contributed by atoms with Crippen LogP contribution in [0, 0.1) is 5.82 Å². The molecule has 19 heavy (non-hydrogen) atoms. The molecule has 104 valence electrons. The van der Waals surface area contributed by atoms with Gasteiger partial charge in [0.1, 0.15) is 5.82 Å². The quantitative estimate of drug-likeness (QED) is 0.891. The largest absolute Gasteiger partial charge is 0.310 e. The second kappa shape index (κ2) is 4.85. The summed E-state index contributed by atoms with van der Waals surface area (Å²) in [7, 11) is -3.50. The summed E-state index contributed by atoms with van der Waals surface area (Å²) >= 11 is 0. The molecule has 1 aromatic rings. The van der Waals surface area contributed by atoms with Crippen molar-refractivity contribution in [3.8, 4) is 0 Å². The summed E-state index contributed by atoms with van der Waals surface area (Å²) in [6.07, 6.45) is 3.01. The summed E-state index contributed by atoms with van der Waals surface area (Å²) in [5.41, 5.74) is 0. The van der Waals surface area contributed by atoms with E-state index in [4.69, 9.17) is 0 Å². The summed E-state index contributed by atoms with van der Waals surface area (Å²) in [6, 6.07) is 5.74. The smallest absolute Gasteiger partial charge is 0.243 e. The van der Waals surface area contributed by atoms with E-state index in [0.29, 0.717) is 19.1 Å². The first-order valence-corrected chi connectivity index (χ1v) is 8.01. The maximum absolute atomic E-state index is 12.9. The molecule has 2 atom stereocenters. The average molecular weight is 284 g/mol. The zero-order chi connectivity index (χ0) is 13.5. The Morgan fingerprint density at radius 3 is 2.53 bits per heavy atom. The van der Waals surface area contributed by atoms with Crippen molar-refractivity contribution in [2.75, 3.05) is 13.1 Å². The molecule has 0 aromatic heterocycles. The van der Waals surface area contributed by atoms with Crippen LogP contribution < -0.4 is 5.32 Å². The maximum Gasteiger partial charge on any atom is 0.243 e. The van der Waals surface area contributed by atoms with E-state index in [1.54, 1.807) is 0 Å². The van der Waals surface area contributed by atoms with Crippen LogP contribution in [0.5, 0.6) is 0 Å². The van der Waals surface area contributed by atoms with Crippen molar-refractivity contribution >= 4 is 10.0 Å².